The van der Waals surface area contributed by atoms with E-state index in [0.29, 0.717) is 36.8 Å². The third-order valence-electron chi connectivity index (χ3n) is 4.24. The molecule has 0 spiro atoms. The van der Waals surface area contributed by atoms with Crippen LogP contribution in [0.2, 0.25) is 0 Å². The lowest BCUT2D eigenvalue weighted by molar-refractivity contribution is 0.0751. The number of hydrogen-bond acceptors (Lipinski definition) is 4. The molecule has 0 fully saturated rings. The van der Waals surface area contributed by atoms with Crippen LogP contribution in [0.4, 0.5) is 4.39 Å². The molecule has 3 rings (SSSR count). The van der Waals surface area contributed by atoms with Crippen molar-refractivity contribution >= 4 is 5.91 Å². The summed E-state index contributed by atoms with van der Waals surface area (Å²) in [5.74, 6) is 0.399. The number of benzene rings is 2. The number of nitrogens with zero attached hydrogens (tertiary/aromatic N) is 3. The lowest BCUT2D eigenvalue weighted by Crippen LogP contribution is -2.34. The molecule has 1 amide bonds. The number of aromatic nitrogens is 2. The van der Waals surface area contributed by atoms with Crippen molar-refractivity contribution in [2.45, 2.75) is 26.2 Å². The third kappa shape index (κ3) is 5.00. The van der Waals surface area contributed by atoms with E-state index in [9.17, 15) is 9.18 Å². The van der Waals surface area contributed by atoms with Gasteiger partial charge < -0.3 is 9.42 Å². The number of rotatable bonds is 8. The summed E-state index contributed by atoms with van der Waals surface area (Å²) in [6.07, 6.45) is 2.29. The van der Waals surface area contributed by atoms with Gasteiger partial charge in [-0.05, 0) is 24.6 Å². The molecule has 0 bridgehead atoms. The Hall–Kier alpha value is -3.02. The molecule has 140 valence electrons. The second kappa shape index (κ2) is 9.07. The van der Waals surface area contributed by atoms with Gasteiger partial charge in [0.2, 0.25) is 11.7 Å². The molecule has 0 aliphatic carbocycles. The van der Waals surface area contributed by atoms with Gasteiger partial charge in [0.15, 0.2) is 0 Å². The summed E-state index contributed by atoms with van der Waals surface area (Å²) >= 11 is 0. The summed E-state index contributed by atoms with van der Waals surface area (Å²) < 4.78 is 18.8. The van der Waals surface area contributed by atoms with E-state index in [1.165, 1.54) is 12.1 Å². The Balaban J connectivity index is 1.68. The van der Waals surface area contributed by atoms with E-state index < -0.39 is 5.82 Å². The fourth-order valence-electron chi connectivity index (χ4n) is 2.76. The van der Waals surface area contributed by atoms with Crippen molar-refractivity contribution < 1.29 is 13.7 Å². The molecule has 3 aromatic rings. The summed E-state index contributed by atoms with van der Waals surface area (Å²) in [6, 6.07) is 15.3. The molecular weight excluding hydrogens is 345 g/mol. The molecule has 6 heteroatoms. The predicted molar refractivity (Wildman–Crippen MR) is 101 cm³/mol. The zero-order valence-corrected chi connectivity index (χ0v) is 15.3. The van der Waals surface area contributed by atoms with E-state index in [4.69, 9.17) is 4.52 Å². The van der Waals surface area contributed by atoms with Gasteiger partial charge in [-0.15, -0.1) is 0 Å². The molecule has 2 aromatic carbocycles. The molecule has 0 aliphatic rings. The van der Waals surface area contributed by atoms with Crippen molar-refractivity contribution in [3.63, 3.8) is 0 Å². The first-order valence-electron chi connectivity index (χ1n) is 9.10. The van der Waals surface area contributed by atoms with Crippen molar-refractivity contribution in [3.05, 3.63) is 71.9 Å². The Bertz CT molecular complexity index is 880. The standard InChI is InChI=1S/C21H22FN3O2/c1-2-3-13-25(21(26)17-10-7-11-18(22)15-17)14-12-19-23-20(24-27-19)16-8-5-4-6-9-16/h4-11,15H,2-3,12-14H2,1H3. The Labute approximate surface area is 157 Å². The lowest BCUT2D eigenvalue weighted by Gasteiger charge is -2.22. The Morgan fingerprint density at radius 1 is 1.11 bits per heavy atom. The molecule has 0 saturated carbocycles. The van der Waals surface area contributed by atoms with Gasteiger partial charge in [0.1, 0.15) is 5.82 Å². The van der Waals surface area contributed by atoms with Crippen molar-refractivity contribution in [1.82, 2.24) is 15.0 Å². The fraction of sp³-hybridized carbons (Fsp3) is 0.286. The molecule has 27 heavy (non-hydrogen) atoms. The third-order valence-corrected chi connectivity index (χ3v) is 4.24. The second-order valence-corrected chi connectivity index (χ2v) is 6.28. The molecule has 5 nitrogen and oxygen atoms in total. The number of unbranched alkanes of at least 4 members (excludes halogenated alkanes) is 1. The van der Waals surface area contributed by atoms with Crippen molar-refractivity contribution in [1.29, 1.82) is 0 Å². The topological polar surface area (TPSA) is 59.2 Å². The molecular formula is C21H22FN3O2. The van der Waals surface area contributed by atoms with E-state index >= 15 is 0 Å². The normalized spacial score (nSPS) is 10.7. The first kappa shape index (κ1) is 18.8. The summed E-state index contributed by atoms with van der Waals surface area (Å²) in [5.41, 5.74) is 1.23. The van der Waals surface area contributed by atoms with E-state index in [2.05, 4.69) is 17.1 Å². The van der Waals surface area contributed by atoms with Crippen LogP contribution in [0, 0.1) is 5.82 Å². The van der Waals surface area contributed by atoms with Crippen LogP contribution in [0.5, 0.6) is 0 Å². The van der Waals surface area contributed by atoms with Crippen LogP contribution in [-0.2, 0) is 6.42 Å². The van der Waals surface area contributed by atoms with Crippen LogP contribution >= 0.6 is 0 Å². The number of amides is 1. The molecule has 0 saturated heterocycles. The minimum atomic E-state index is -0.416. The van der Waals surface area contributed by atoms with Crippen molar-refractivity contribution in [2.75, 3.05) is 13.1 Å². The van der Waals surface area contributed by atoms with Gasteiger partial charge in [0.05, 0.1) is 0 Å². The molecule has 0 atom stereocenters. The molecule has 1 heterocycles. The van der Waals surface area contributed by atoms with E-state index in [1.54, 1.807) is 17.0 Å². The second-order valence-electron chi connectivity index (χ2n) is 6.28. The van der Waals surface area contributed by atoms with Crippen LogP contribution in [0.3, 0.4) is 0 Å². The molecule has 0 N–H and O–H groups in total. The van der Waals surface area contributed by atoms with Crippen LogP contribution in [0.15, 0.2) is 59.1 Å². The summed E-state index contributed by atoms with van der Waals surface area (Å²) in [5, 5.41) is 4.00. The summed E-state index contributed by atoms with van der Waals surface area (Å²) in [7, 11) is 0. The highest BCUT2D eigenvalue weighted by Crippen LogP contribution is 2.16. The quantitative estimate of drug-likeness (QED) is 0.593. The van der Waals surface area contributed by atoms with Gasteiger partial charge in [0, 0.05) is 30.6 Å². The average Bonchev–Trinajstić information content (AvgIpc) is 3.17. The van der Waals surface area contributed by atoms with Crippen LogP contribution in [-0.4, -0.2) is 34.0 Å². The van der Waals surface area contributed by atoms with Gasteiger partial charge in [-0.3, -0.25) is 4.79 Å². The Morgan fingerprint density at radius 2 is 1.93 bits per heavy atom. The van der Waals surface area contributed by atoms with Crippen LogP contribution < -0.4 is 0 Å². The SMILES string of the molecule is CCCCN(CCc1nc(-c2ccccc2)no1)C(=O)c1cccc(F)c1. The van der Waals surface area contributed by atoms with E-state index in [0.717, 1.165) is 18.4 Å². The highest BCUT2D eigenvalue weighted by Gasteiger charge is 2.17. The van der Waals surface area contributed by atoms with Gasteiger partial charge in [-0.2, -0.15) is 4.98 Å². The monoisotopic (exact) mass is 367 g/mol. The summed E-state index contributed by atoms with van der Waals surface area (Å²) in [4.78, 5) is 18.9. The Morgan fingerprint density at radius 3 is 2.67 bits per heavy atom. The number of carbonyl (C=O) groups excluding carboxylic acids is 1. The Kier molecular flexibility index (Phi) is 6.30. The maximum Gasteiger partial charge on any atom is 0.253 e. The molecule has 0 unspecified atom stereocenters. The predicted octanol–water partition coefficient (Wildman–Crippen LogP) is 4.36. The van der Waals surface area contributed by atoms with Gasteiger partial charge >= 0.3 is 0 Å². The van der Waals surface area contributed by atoms with Crippen LogP contribution in [0.25, 0.3) is 11.4 Å². The zero-order valence-electron chi connectivity index (χ0n) is 15.3. The highest BCUT2D eigenvalue weighted by atomic mass is 19.1. The minimum absolute atomic E-state index is 0.189. The average molecular weight is 367 g/mol. The highest BCUT2D eigenvalue weighted by molar-refractivity contribution is 5.94. The molecule has 0 aliphatic heterocycles. The first-order chi connectivity index (χ1) is 13.2. The largest absolute Gasteiger partial charge is 0.339 e. The maximum atomic E-state index is 13.5. The zero-order chi connectivity index (χ0) is 19.1. The van der Waals surface area contributed by atoms with E-state index in [1.807, 2.05) is 30.3 Å². The first-order valence-corrected chi connectivity index (χ1v) is 9.10. The van der Waals surface area contributed by atoms with Crippen molar-refractivity contribution in [2.24, 2.45) is 0 Å². The number of carbonyl (C=O) groups is 1. The lowest BCUT2D eigenvalue weighted by atomic mass is 10.1. The van der Waals surface area contributed by atoms with Gasteiger partial charge in [0.25, 0.3) is 5.91 Å². The smallest absolute Gasteiger partial charge is 0.253 e. The van der Waals surface area contributed by atoms with Gasteiger partial charge in [-0.1, -0.05) is 54.9 Å². The maximum absolute atomic E-state index is 13.5. The van der Waals surface area contributed by atoms with Crippen LogP contribution in [0.1, 0.15) is 36.0 Å². The minimum Gasteiger partial charge on any atom is -0.339 e. The van der Waals surface area contributed by atoms with Gasteiger partial charge in [-0.25, -0.2) is 4.39 Å². The number of hydrogen-bond donors (Lipinski definition) is 0. The van der Waals surface area contributed by atoms with E-state index in [-0.39, 0.29) is 5.91 Å². The molecule has 1 aromatic heterocycles. The van der Waals surface area contributed by atoms with Crippen molar-refractivity contribution in [3.8, 4) is 11.4 Å². The molecule has 0 radical (unpaired) electrons. The summed E-state index contributed by atoms with van der Waals surface area (Å²) in [6.45, 7) is 3.10. The fourth-order valence-corrected chi connectivity index (χ4v) is 2.76. The number of halogens is 1.